The van der Waals surface area contributed by atoms with Crippen molar-refractivity contribution >= 4 is 23.4 Å². The van der Waals surface area contributed by atoms with E-state index in [0.29, 0.717) is 41.3 Å². The minimum absolute atomic E-state index is 0.00989. The zero-order valence-corrected chi connectivity index (χ0v) is 20.3. The lowest BCUT2D eigenvalue weighted by Crippen LogP contribution is -2.36. The van der Waals surface area contributed by atoms with Crippen molar-refractivity contribution in [3.05, 3.63) is 87.2 Å². The third-order valence-electron chi connectivity index (χ3n) is 6.33. The fourth-order valence-corrected chi connectivity index (χ4v) is 5.05. The molecular weight excluding hydrogens is 454 g/mol. The van der Waals surface area contributed by atoms with Gasteiger partial charge in [-0.1, -0.05) is 41.9 Å². The molecule has 2 aromatic rings. The van der Waals surface area contributed by atoms with E-state index in [2.05, 4.69) is 5.32 Å². The molecule has 0 unspecified atom stereocenters. The van der Waals surface area contributed by atoms with Gasteiger partial charge in [0.05, 0.1) is 19.3 Å². The molecule has 34 heavy (non-hydrogen) atoms. The molecule has 178 valence electrons. The van der Waals surface area contributed by atoms with Gasteiger partial charge in [-0.3, -0.25) is 4.79 Å². The van der Waals surface area contributed by atoms with E-state index in [1.165, 1.54) is 0 Å². The normalized spacial score (nSPS) is 20.1. The Morgan fingerprint density at radius 1 is 1.09 bits per heavy atom. The minimum atomic E-state index is -0.559. The smallest absolute Gasteiger partial charge is 0.336 e. The zero-order valence-electron chi connectivity index (χ0n) is 19.5. The Morgan fingerprint density at radius 2 is 1.88 bits per heavy atom. The standard InChI is InChI=1S/C27H28ClNO5/c1-16-24(27(31)34-12-11-32-2)25(17-7-6-8-19(28)13-17)26-21(29-16)14-18(15-22(26)30)20-9-4-5-10-23(20)33-3/h4-10,13,18,25,29H,11-12,14-15H2,1-3H3/t18-,25+/m0/s1. The molecule has 6 nitrogen and oxygen atoms in total. The SMILES string of the molecule is COCCOC(=O)C1=C(C)NC2=C(C(=O)C[C@@H](c3ccccc3OC)C2)[C@@H]1c1cccc(Cl)c1. The number of ether oxygens (including phenoxy) is 3. The first-order chi connectivity index (χ1) is 16.4. The first-order valence-electron chi connectivity index (χ1n) is 11.2. The Kier molecular flexibility index (Phi) is 7.39. The first-order valence-corrected chi connectivity index (χ1v) is 11.6. The number of carbonyl (C=O) groups excluding carboxylic acids is 2. The van der Waals surface area contributed by atoms with Crippen LogP contribution in [0.15, 0.2) is 71.1 Å². The van der Waals surface area contributed by atoms with Crippen LogP contribution in [0.4, 0.5) is 0 Å². The van der Waals surface area contributed by atoms with Crippen LogP contribution in [-0.2, 0) is 19.1 Å². The molecule has 7 heteroatoms. The highest BCUT2D eigenvalue weighted by Gasteiger charge is 2.41. The monoisotopic (exact) mass is 481 g/mol. The van der Waals surface area contributed by atoms with Crippen molar-refractivity contribution in [3.63, 3.8) is 0 Å². The fraction of sp³-hybridized carbons (Fsp3) is 0.333. The Bertz CT molecular complexity index is 1170. The average molecular weight is 482 g/mol. The van der Waals surface area contributed by atoms with Crippen molar-refractivity contribution in [2.45, 2.75) is 31.6 Å². The van der Waals surface area contributed by atoms with Crippen LogP contribution in [0.5, 0.6) is 5.75 Å². The highest BCUT2D eigenvalue weighted by Crippen LogP contribution is 2.47. The molecular formula is C27H28ClNO5. The summed E-state index contributed by atoms with van der Waals surface area (Å²) in [4.78, 5) is 26.8. The molecule has 1 aliphatic heterocycles. The number of hydrogen-bond donors (Lipinski definition) is 1. The summed E-state index contributed by atoms with van der Waals surface area (Å²) in [6, 6.07) is 15.1. The quantitative estimate of drug-likeness (QED) is 0.448. The minimum Gasteiger partial charge on any atom is -0.496 e. The Balaban J connectivity index is 1.76. The number of Topliss-reactive ketones (excluding diaryl/α,β-unsaturated/α-hetero) is 1. The van der Waals surface area contributed by atoms with E-state index < -0.39 is 11.9 Å². The summed E-state index contributed by atoms with van der Waals surface area (Å²) in [6.07, 6.45) is 0.949. The Labute approximate surface area is 204 Å². The summed E-state index contributed by atoms with van der Waals surface area (Å²) in [5.74, 6) is -0.308. The molecule has 4 rings (SSSR count). The summed E-state index contributed by atoms with van der Waals surface area (Å²) in [6.45, 7) is 2.26. The zero-order chi connectivity index (χ0) is 24.2. The van der Waals surface area contributed by atoms with Crippen molar-refractivity contribution in [3.8, 4) is 5.75 Å². The van der Waals surface area contributed by atoms with Crippen molar-refractivity contribution in [2.75, 3.05) is 27.4 Å². The number of ketones is 1. The van der Waals surface area contributed by atoms with Gasteiger partial charge in [0.15, 0.2) is 5.78 Å². The number of para-hydroxylation sites is 1. The van der Waals surface area contributed by atoms with Crippen molar-refractivity contribution in [2.24, 2.45) is 0 Å². The fourth-order valence-electron chi connectivity index (χ4n) is 4.85. The predicted molar refractivity (Wildman–Crippen MR) is 130 cm³/mol. The van der Waals surface area contributed by atoms with Crippen molar-refractivity contribution in [1.82, 2.24) is 5.32 Å². The molecule has 1 aliphatic carbocycles. The van der Waals surface area contributed by atoms with Gasteiger partial charge in [-0.15, -0.1) is 0 Å². The van der Waals surface area contributed by atoms with Crippen LogP contribution >= 0.6 is 11.6 Å². The molecule has 0 aromatic heterocycles. The van der Waals surface area contributed by atoms with Crippen LogP contribution < -0.4 is 10.1 Å². The topological polar surface area (TPSA) is 73.9 Å². The number of halogens is 1. The maximum Gasteiger partial charge on any atom is 0.336 e. The summed E-state index contributed by atoms with van der Waals surface area (Å²) in [7, 11) is 3.18. The summed E-state index contributed by atoms with van der Waals surface area (Å²) < 4.78 is 16.0. The molecule has 0 fully saturated rings. The van der Waals surface area contributed by atoms with Crippen LogP contribution in [0, 0.1) is 0 Å². The molecule has 0 bridgehead atoms. The largest absolute Gasteiger partial charge is 0.496 e. The lowest BCUT2D eigenvalue weighted by atomic mass is 9.71. The van der Waals surface area contributed by atoms with Crippen LogP contribution in [0.3, 0.4) is 0 Å². The molecule has 2 aromatic carbocycles. The number of hydrogen-bond acceptors (Lipinski definition) is 6. The van der Waals surface area contributed by atoms with Crippen LogP contribution in [0.1, 0.15) is 42.7 Å². The van der Waals surface area contributed by atoms with E-state index >= 15 is 0 Å². The molecule has 1 heterocycles. The van der Waals surface area contributed by atoms with E-state index in [-0.39, 0.29) is 18.3 Å². The lowest BCUT2D eigenvalue weighted by molar-refractivity contribution is -0.140. The molecule has 1 N–H and O–H groups in total. The second-order valence-electron chi connectivity index (χ2n) is 8.44. The van der Waals surface area contributed by atoms with Crippen molar-refractivity contribution in [1.29, 1.82) is 0 Å². The number of carbonyl (C=O) groups is 2. The van der Waals surface area contributed by atoms with Crippen LogP contribution in [0.2, 0.25) is 5.02 Å². The van der Waals surface area contributed by atoms with Gasteiger partial charge in [-0.25, -0.2) is 4.79 Å². The molecule has 0 radical (unpaired) electrons. The third-order valence-corrected chi connectivity index (χ3v) is 6.56. The Morgan fingerprint density at radius 3 is 2.62 bits per heavy atom. The number of dihydropyridines is 1. The van der Waals surface area contributed by atoms with E-state index in [9.17, 15) is 9.59 Å². The van der Waals surface area contributed by atoms with Gasteiger partial charge in [-0.05, 0) is 42.7 Å². The van der Waals surface area contributed by atoms with Gasteiger partial charge in [0.2, 0.25) is 0 Å². The van der Waals surface area contributed by atoms with Crippen molar-refractivity contribution < 1.29 is 23.8 Å². The maximum absolute atomic E-state index is 13.6. The molecule has 0 spiro atoms. The number of rotatable bonds is 7. The Hall–Kier alpha value is -3.09. The van der Waals surface area contributed by atoms with Gasteiger partial charge >= 0.3 is 5.97 Å². The number of methoxy groups -OCH3 is 2. The number of allylic oxidation sites excluding steroid dienone is 3. The van der Waals surface area contributed by atoms with E-state index in [4.69, 9.17) is 25.8 Å². The second kappa shape index (κ2) is 10.5. The molecule has 0 saturated carbocycles. The molecule has 0 saturated heterocycles. The van der Waals surface area contributed by atoms with Gasteiger partial charge < -0.3 is 19.5 Å². The maximum atomic E-state index is 13.6. The van der Waals surface area contributed by atoms with Gasteiger partial charge in [0, 0.05) is 47.4 Å². The van der Waals surface area contributed by atoms with Crippen LogP contribution in [0.25, 0.3) is 0 Å². The summed E-state index contributed by atoms with van der Waals surface area (Å²) in [5, 5.41) is 3.89. The average Bonchev–Trinajstić information content (AvgIpc) is 2.83. The summed E-state index contributed by atoms with van der Waals surface area (Å²) >= 11 is 6.30. The van der Waals surface area contributed by atoms with E-state index in [1.807, 2.05) is 43.3 Å². The van der Waals surface area contributed by atoms with Crippen LogP contribution in [-0.4, -0.2) is 39.2 Å². The molecule has 2 aliphatic rings. The van der Waals surface area contributed by atoms with Gasteiger partial charge in [0.25, 0.3) is 0 Å². The number of benzene rings is 2. The first kappa shape index (κ1) is 24.0. The van der Waals surface area contributed by atoms with E-state index in [1.54, 1.807) is 26.4 Å². The second-order valence-corrected chi connectivity index (χ2v) is 8.88. The highest BCUT2D eigenvalue weighted by molar-refractivity contribution is 6.30. The molecule has 0 amide bonds. The third kappa shape index (κ3) is 4.74. The molecule has 2 atom stereocenters. The highest BCUT2D eigenvalue weighted by atomic mass is 35.5. The number of esters is 1. The summed E-state index contributed by atoms with van der Waals surface area (Å²) in [5.41, 5.74) is 4.28. The predicted octanol–water partition coefficient (Wildman–Crippen LogP) is 4.90. The van der Waals surface area contributed by atoms with Gasteiger partial charge in [-0.2, -0.15) is 0 Å². The lowest BCUT2D eigenvalue weighted by Gasteiger charge is -2.37. The van der Waals surface area contributed by atoms with Gasteiger partial charge in [0.1, 0.15) is 12.4 Å². The van der Waals surface area contributed by atoms with E-state index in [0.717, 1.165) is 22.6 Å². The number of nitrogens with one attached hydrogen (secondary N) is 1.